The van der Waals surface area contributed by atoms with Crippen molar-refractivity contribution in [2.24, 2.45) is 0 Å². The molecule has 0 saturated carbocycles. The van der Waals surface area contributed by atoms with Crippen LogP contribution < -0.4 is 0 Å². The molecule has 2 heterocycles. The van der Waals surface area contributed by atoms with Crippen molar-refractivity contribution in [3.8, 4) is 11.6 Å². The molecule has 0 aliphatic heterocycles. The summed E-state index contributed by atoms with van der Waals surface area (Å²) >= 11 is 0. The Morgan fingerprint density at radius 2 is 2.22 bits per heavy atom. The summed E-state index contributed by atoms with van der Waals surface area (Å²) in [7, 11) is 0. The molecule has 18 heavy (non-hydrogen) atoms. The van der Waals surface area contributed by atoms with Gasteiger partial charge in [-0.25, -0.2) is 14.8 Å². The third-order valence-electron chi connectivity index (χ3n) is 2.54. The van der Waals surface area contributed by atoms with Crippen LogP contribution in [-0.4, -0.2) is 22.5 Å². The normalized spacial score (nSPS) is 10.4. The average molecular weight is 246 g/mol. The van der Waals surface area contributed by atoms with Crippen molar-refractivity contribution in [3.05, 3.63) is 35.3 Å². The molecule has 94 valence electrons. The van der Waals surface area contributed by atoms with Crippen molar-refractivity contribution in [1.82, 2.24) is 9.97 Å². The maximum atomic E-state index is 11.6. The quantitative estimate of drug-likeness (QED) is 0.778. The van der Waals surface area contributed by atoms with Crippen LogP contribution in [0.5, 0.6) is 0 Å². The van der Waals surface area contributed by atoms with Gasteiger partial charge in [-0.2, -0.15) is 0 Å². The van der Waals surface area contributed by atoms with Crippen LogP contribution in [0, 0.1) is 13.8 Å². The first-order valence-corrected chi connectivity index (χ1v) is 5.68. The van der Waals surface area contributed by atoms with Crippen molar-refractivity contribution in [2.75, 3.05) is 6.61 Å². The van der Waals surface area contributed by atoms with Crippen LogP contribution in [0.2, 0.25) is 0 Å². The largest absolute Gasteiger partial charge is 0.462 e. The lowest BCUT2D eigenvalue weighted by atomic mass is 10.2. The molecule has 0 aliphatic carbocycles. The molecule has 2 aromatic rings. The van der Waals surface area contributed by atoms with Gasteiger partial charge in [0, 0.05) is 6.20 Å². The summed E-state index contributed by atoms with van der Waals surface area (Å²) in [5.41, 5.74) is 1.91. The van der Waals surface area contributed by atoms with E-state index in [9.17, 15) is 4.79 Å². The van der Waals surface area contributed by atoms with Gasteiger partial charge in [0.25, 0.3) is 0 Å². The lowest BCUT2D eigenvalue weighted by Crippen LogP contribution is -2.09. The molecule has 0 aliphatic rings. The van der Waals surface area contributed by atoms with E-state index < -0.39 is 5.97 Å². The molecule has 0 N–H and O–H groups in total. The number of hydrogen-bond donors (Lipinski definition) is 0. The number of aryl methyl sites for hydroxylation is 2. The lowest BCUT2D eigenvalue weighted by molar-refractivity contribution is 0.0524. The monoisotopic (exact) mass is 246 g/mol. The van der Waals surface area contributed by atoms with E-state index in [2.05, 4.69) is 9.97 Å². The van der Waals surface area contributed by atoms with Crippen molar-refractivity contribution >= 4 is 5.97 Å². The maximum absolute atomic E-state index is 11.6. The first kappa shape index (κ1) is 12.3. The Balaban J connectivity index is 2.36. The zero-order valence-corrected chi connectivity index (χ0v) is 10.6. The van der Waals surface area contributed by atoms with Gasteiger partial charge in [-0.15, -0.1) is 0 Å². The Hall–Kier alpha value is -2.17. The predicted octanol–water partition coefficient (Wildman–Crippen LogP) is 2.53. The molecule has 0 amide bonds. The van der Waals surface area contributed by atoms with Crippen molar-refractivity contribution < 1.29 is 13.9 Å². The molecule has 0 saturated heterocycles. The van der Waals surface area contributed by atoms with Crippen molar-refractivity contribution in [3.63, 3.8) is 0 Å². The number of aromatic nitrogens is 2. The van der Waals surface area contributed by atoms with Crippen LogP contribution in [-0.2, 0) is 4.74 Å². The fourth-order valence-corrected chi connectivity index (χ4v) is 1.59. The second kappa shape index (κ2) is 5.00. The smallest absolute Gasteiger partial charge is 0.341 e. The molecule has 0 unspecified atom stereocenters. The minimum absolute atomic E-state index is 0.331. The van der Waals surface area contributed by atoms with E-state index in [1.165, 1.54) is 6.20 Å². The number of furan rings is 1. The fourth-order valence-electron chi connectivity index (χ4n) is 1.59. The maximum Gasteiger partial charge on any atom is 0.341 e. The van der Waals surface area contributed by atoms with Crippen LogP contribution >= 0.6 is 0 Å². The van der Waals surface area contributed by atoms with E-state index in [4.69, 9.17) is 9.15 Å². The molecule has 5 nitrogen and oxygen atoms in total. The third-order valence-corrected chi connectivity index (χ3v) is 2.54. The minimum Gasteiger partial charge on any atom is -0.462 e. The molecule has 0 spiro atoms. The predicted molar refractivity (Wildman–Crippen MR) is 65.2 cm³/mol. The van der Waals surface area contributed by atoms with Crippen molar-refractivity contribution in [2.45, 2.75) is 20.8 Å². The number of rotatable bonds is 3. The van der Waals surface area contributed by atoms with E-state index in [-0.39, 0.29) is 0 Å². The molecule has 0 atom stereocenters. The Labute approximate surface area is 105 Å². The molecular formula is C13H14N2O3. The van der Waals surface area contributed by atoms with E-state index >= 15 is 0 Å². The highest BCUT2D eigenvalue weighted by Crippen LogP contribution is 2.21. The summed E-state index contributed by atoms with van der Waals surface area (Å²) in [5, 5.41) is 0. The summed E-state index contributed by atoms with van der Waals surface area (Å²) < 4.78 is 10.2. The van der Waals surface area contributed by atoms with Crippen LogP contribution in [0.3, 0.4) is 0 Å². The Kier molecular flexibility index (Phi) is 3.41. The van der Waals surface area contributed by atoms with Crippen LogP contribution in [0.4, 0.5) is 0 Å². The summed E-state index contributed by atoms with van der Waals surface area (Å²) in [6.45, 7) is 5.75. The number of carbonyl (C=O) groups excluding carboxylic acids is 1. The Bertz CT molecular complexity index is 575. The Morgan fingerprint density at radius 1 is 1.44 bits per heavy atom. The zero-order valence-electron chi connectivity index (χ0n) is 10.6. The molecule has 0 bridgehead atoms. The summed E-state index contributed by atoms with van der Waals surface area (Å²) in [6, 6.07) is 1.84. The second-order valence-electron chi connectivity index (χ2n) is 3.85. The second-order valence-corrected chi connectivity index (χ2v) is 3.85. The molecule has 0 aromatic carbocycles. The molecule has 2 rings (SSSR count). The van der Waals surface area contributed by atoms with Gasteiger partial charge in [0.2, 0.25) is 0 Å². The number of ether oxygens (including phenoxy) is 1. The molecule has 2 aromatic heterocycles. The summed E-state index contributed by atoms with van der Waals surface area (Å²) in [5.74, 6) is 0.689. The zero-order chi connectivity index (χ0) is 13.1. The van der Waals surface area contributed by atoms with E-state index in [0.29, 0.717) is 29.4 Å². The first-order chi connectivity index (χ1) is 8.63. The van der Waals surface area contributed by atoms with Gasteiger partial charge in [-0.3, -0.25) is 0 Å². The number of nitrogens with zero attached hydrogens (tertiary/aromatic N) is 2. The molecule has 0 radical (unpaired) electrons. The number of hydrogen-bond acceptors (Lipinski definition) is 5. The van der Waals surface area contributed by atoms with Crippen LogP contribution in [0.15, 0.2) is 22.9 Å². The van der Waals surface area contributed by atoms with E-state index in [1.54, 1.807) is 20.1 Å². The molecular weight excluding hydrogens is 232 g/mol. The van der Waals surface area contributed by atoms with Gasteiger partial charge < -0.3 is 9.15 Å². The van der Waals surface area contributed by atoms with Gasteiger partial charge in [0.05, 0.1) is 24.1 Å². The minimum atomic E-state index is -0.405. The van der Waals surface area contributed by atoms with E-state index in [0.717, 1.165) is 5.56 Å². The fraction of sp³-hybridized carbons (Fsp3) is 0.308. The Morgan fingerprint density at radius 3 is 2.78 bits per heavy atom. The van der Waals surface area contributed by atoms with Gasteiger partial charge in [-0.05, 0) is 32.4 Å². The highest BCUT2D eigenvalue weighted by Gasteiger charge is 2.15. The summed E-state index contributed by atoms with van der Waals surface area (Å²) in [4.78, 5) is 20.0. The summed E-state index contributed by atoms with van der Waals surface area (Å²) in [6.07, 6.45) is 3.06. The van der Waals surface area contributed by atoms with Gasteiger partial charge in [0.1, 0.15) is 0 Å². The number of esters is 1. The average Bonchev–Trinajstić information content (AvgIpc) is 2.75. The van der Waals surface area contributed by atoms with Gasteiger partial charge in [0.15, 0.2) is 11.6 Å². The standard InChI is InChI=1S/C13H14N2O3/c1-4-17-13(16)10-7-14-12(15-9(10)3)11-8(2)5-6-18-11/h5-7H,4H2,1-3H3. The highest BCUT2D eigenvalue weighted by molar-refractivity contribution is 5.90. The van der Waals surface area contributed by atoms with E-state index in [1.807, 2.05) is 13.0 Å². The first-order valence-electron chi connectivity index (χ1n) is 5.68. The highest BCUT2D eigenvalue weighted by atomic mass is 16.5. The lowest BCUT2D eigenvalue weighted by Gasteiger charge is -2.05. The third kappa shape index (κ3) is 2.25. The van der Waals surface area contributed by atoms with Crippen LogP contribution in [0.1, 0.15) is 28.5 Å². The SMILES string of the molecule is CCOC(=O)c1cnc(-c2occc2C)nc1C. The molecule has 5 heteroatoms. The number of carbonyl (C=O) groups is 1. The van der Waals surface area contributed by atoms with Crippen molar-refractivity contribution in [1.29, 1.82) is 0 Å². The molecule has 0 fully saturated rings. The van der Waals surface area contributed by atoms with Gasteiger partial charge in [-0.1, -0.05) is 0 Å². The van der Waals surface area contributed by atoms with Gasteiger partial charge >= 0.3 is 5.97 Å². The topological polar surface area (TPSA) is 65.2 Å². The van der Waals surface area contributed by atoms with Crippen LogP contribution in [0.25, 0.3) is 11.6 Å².